The summed E-state index contributed by atoms with van der Waals surface area (Å²) < 4.78 is 26.2. The number of nitrogens with two attached hydrogens (primary N) is 1. The molecular weight excluding hydrogens is 436 g/mol. The number of amides is 1. The lowest BCUT2D eigenvalue weighted by Gasteiger charge is -2.51. The summed E-state index contributed by atoms with van der Waals surface area (Å²) in [4.78, 5) is 15.2. The summed E-state index contributed by atoms with van der Waals surface area (Å²) in [5, 5.41) is 3.42. The van der Waals surface area contributed by atoms with Gasteiger partial charge in [-0.25, -0.2) is 8.42 Å². The van der Waals surface area contributed by atoms with Crippen LogP contribution in [0.1, 0.15) is 56.9 Å². The number of hydrogen-bond acceptors (Lipinski definition) is 6. The molecule has 184 valence electrons. The molecule has 4 rings (SSSR count). The van der Waals surface area contributed by atoms with Gasteiger partial charge in [-0.2, -0.15) is 0 Å². The summed E-state index contributed by atoms with van der Waals surface area (Å²) in [7, 11) is -2.57. The van der Waals surface area contributed by atoms with Crippen molar-refractivity contribution in [2.45, 2.75) is 62.7 Å². The SMILES string of the molecule is NC(=O)Cc1cccc(N2CCN(C(CC3CCCCC3)(C3CCNCC3)[SH](=O)=O)CC2)c1. The summed E-state index contributed by atoms with van der Waals surface area (Å²) >= 11 is 0. The van der Waals surface area contributed by atoms with Gasteiger partial charge in [0, 0.05) is 31.9 Å². The van der Waals surface area contributed by atoms with Gasteiger partial charge >= 0.3 is 0 Å². The number of anilines is 1. The van der Waals surface area contributed by atoms with E-state index in [0.29, 0.717) is 5.92 Å². The van der Waals surface area contributed by atoms with Crippen LogP contribution in [0.25, 0.3) is 0 Å². The lowest BCUT2D eigenvalue weighted by atomic mass is 9.78. The number of piperazine rings is 1. The fourth-order valence-corrected chi connectivity index (χ4v) is 7.80. The molecule has 3 N–H and O–H groups in total. The molecule has 8 heteroatoms. The van der Waals surface area contributed by atoms with Crippen LogP contribution in [0.15, 0.2) is 24.3 Å². The third kappa shape index (κ3) is 5.72. The summed E-state index contributed by atoms with van der Waals surface area (Å²) in [6.07, 6.45) is 9.00. The van der Waals surface area contributed by atoms with E-state index in [1.807, 2.05) is 18.2 Å². The molecule has 2 heterocycles. The number of rotatable bonds is 8. The topological polar surface area (TPSA) is 95.7 Å². The van der Waals surface area contributed by atoms with Gasteiger partial charge in [0.25, 0.3) is 0 Å². The number of piperidine rings is 1. The first-order valence-electron chi connectivity index (χ1n) is 12.7. The average molecular weight is 477 g/mol. The molecule has 2 aliphatic heterocycles. The lowest BCUT2D eigenvalue weighted by molar-refractivity contribution is -0.117. The molecule has 1 aromatic rings. The van der Waals surface area contributed by atoms with E-state index >= 15 is 0 Å². The highest BCUT2D eigenvalue weighted by atomic mass is 32.2. The molecule has 0 spiro atoms. The zero-order valence-corrected chi connectivity index (χ0v) is 20.6. The van der Waals surface area contributed by atoms with Gasteiger partial charge in [-0.3, -0.25) is 9.69 Å². The van der Waals surface area contributed by atoms with Crippen molar-refractivity contribution in [2.24, 2.45) is 17.6 Å². The maximum absolute atomic E-state index is 13.1. The molecule has 1 saturated carbocycles. The van der Waals surface area contributed by atoms with Crippen molar-refractivity contribution < 1.29 is 13.2 Å². The number of primary amides is 1. The number of benzene rings is 1. The van der Waals surface area contributed by atoms with Gasteiger partial charge in [0.05, 0.1) is 6.42 Å². The molecule has 0 radical (unpaired) electrons. The highest BCUT2D eigenvalue weighted by molar-refractivity contribution is 7.74. The van der Waals surface area contributed by atoms with Gasteiger partial charge in [0.1, 0.15) is 4.87 Å². The standard InChI is InChI=1S/C25H40N4O3S/c26-24(30)18-21-7-4-8-23(17-21)28-13-15-29(16-14-28)25(33(31)32,22-9-11-27-12-10-22)19-20-5-2-1-3-6-20/h4,7-8,17,20,22,27,33H,1-3,5-6,9-16,18-19H2,(H2,26,30). The number of hydrogen-bond donors (Lipinski definition) is 3. The van der Waals surface area contributed by atoms with Gasteiger partial charge in [-0.15, -0.1) is 0 Å². The molecule has 1 atom stereocenters. The predicted molar refractivity (Wildman–Crippen MR) is 133 cm³/mol. The number of carbonyl (C=O) groups excluding carboxylic acids is 1. The van der Waals surface area contributed by atoms with Crippen LogP contribution >= 0.6 is 0 Å². The minimum atomic E-state index is -2.57. The Hall–Kier alpha value is -1.64. The Morgan fingerprint density at radius 3 is 2.36 bits per heavy atom. The molecule has 1 unspecified atom stereocenters. The normalized spacial score (nSPS) is 23.5. The zero-order valence-electron chi connectivity index (χ0n) is 19.7. The van der Waals surface area contributed by atoms with Crippen molar-refractivity contribution in [2.75, 3.05) is 44.2 Å². The van der Waals surface area contributed by atoms with E-state index in [-0.39, 0.29) is 18.2 Å². The lowest BCUT2D eigenvalue weighted by Crippen LogP contribution is -2.63. The Labute approximate surface area is 200 Å². The molecule has 3 fully saturated rings. The quantitative estimate of drug-likeness (QED) is 0.498. The minimum absolute atomic E-state index is 0.201. The third-order valence-electron chi connectivity index (χ3n) is 8.10. The second kappa shape index (κ2) is 11.2. The second-order valence-corrected chi connectivity index (χ2v) is 11.4. The van der Waals surface area contributed by atoms with Gasteiger partial charge in [-0.1, -0.05) is 44.2 Å². The van der Waals surface area contributed by atoms with Crippen LogP contribution in [0.3, 0.4) is 0 Å². The van der Waals surface area contributed by atoms with Crippen molar-refractivity contribution in [3.8, 4) is 0 Å². The average Bonchev–Trinajstić information content (AvgIpc) is 2.83. The van der Waals surface area contributed by atoms with Crippen molar-refractivity contribution >= 4 is 22.3 Å². The van der Waals surface area contributed by atoms with E-state index in [0.717, 1.165) is 69.8 Å². The van der Waals surface area contributed by atoms with Crippen LogP contribution in [-0.4, -0.2) is 63.4 Å². The van der Waals surface area contributed by atoms with Crippen LogP contribution in [0, 0.1) is 11.8 Å². The molecule has 0 bridgehead atoms. The maximum Gasteiger partial charge on any atom is 0.221 e. The molecule has 1 aliphatic carbocycles. The molecule has 3 aliphatic rings. The van der Waals surface area contributed by atoms with Gasteiger partial charge in [0.15, 0.2) is 10.7 Å². The van der Waals surface area contributed by atoms with Crippen LogP contribution in [0.2, 0.25) is 0 Å². The number of thiol groups is 1. The third-order valence-corrected chi connectivity index (χ3v) is 9.57. The zero-order chi connectivity index (χ0) is 23.3. The van der Waals surface area contributed by atoms with Crippen molar-refractivity contribution in [1.82, 2.24) is 10.2 Å². The first kappa shape index (κ1) is 24.5. The Morgan fingerprint density at radius 1 is 1.03 bits per heavy atom. The van der Waals surface area contributed by atoms with E-state index < -0.39 is 15.6 Å². The first-order chi connectivity index (χ1) is 16.0. The Bertz CT molecular complexity index is 864. The van der Waals surface area contributed by atoms with E-state index in [9.17, 15) is 13.2 Å². The largest absolute Gasteiger partial charge is 0.369 e. The monoisotopic (exact) mass is 476 g/mol. The number of nitrogens with one attached hydrogen (secondary N) is 1. The molecule has 7 nitrogen and oxygen atoms in total. The highest BCUT2D eigenvalue weighted by Crippen LogP contribution is 2.42. The summed E-state index contributed by atoms with van der Waals surface area (Å²) in [6.45, 7) is 4.90. The fourth-order valence-electron chi connectivity index (χ4n) is 6.41. The van der Waals surface area contributed by atoms with Gasteiger partial charge < -0.3 is 16.0 Å². The maximum atomic E-state index is 13.1. The molecule has 33 heavy (non-hydrogen) atoms. The van der Waals surface area contributed by atoms with Crippen molar-refractivity contribution in [3.63, 3.8) is 0 Å². The molecule has 1 amide bonds. The second-order valence-electron chi connectivity index (χ2n) is 10.2. The van der Waals surface area contributed by atoms with Crippen LogP contribution in [0.4, 0.5) is 5.69 Å². The summed E-state index contributed by atoms with van der Waals surface area (Å²) in [5.41, 5.74) is 7.38. The fraction of sp³-hybridized carbons (Fsp3) is 0.720. The van der Waals surface area contributed by atoms with Gasteiger partial charge in [0.2, 0.25) is 5.91 Å². The Kier molecular flexibility index (Phi) is 8.30. The van der Waals surface area contributed by atoms with Crippen LogP contribution in [0.5, 0.6) is 0 Å². The molecule has 1 aromatic carbocycles. The van der Waals surface area contributed by atoms with Crippen LogP contribution in [-0.2, 0) is 21.9 Å². The Morgan fingerprint density at radius 2 is 1.73 bits per heavy atom. The molecular formula is C25H40N4O3S. The van der Waals surface area contributed by atoms with Crippen LogP contribution < -0.4 is 16.0 Å². The Balaban J connectivity index is 1.52. The number of nitrogens with zero attached hydrogens (tertiary/aromatic N) is 2. The number of carbonyl (C=O) groups is 1. The smallest absolute Gasteiger partial charge is 0.221 e. The minimum Gasteiger partial charge on any atom is -0.369 e. The molecule has 2 saturated heterocycles. The van der Waals surface area contributed by atoms with E-state index in [4.69, 9.17) is 5.73 Å². The van der Waals surface area contributed by atoms with E-state index in [1.54, 1.807) is 0 Å². The van der Waals surface area contributed by atoms with Gasteiger partial charge in [-0.05, 0) is 61.9 Å². The summed E-state index contributed by atoms with van der Waals surface area (Å²) in [6, 6.07) is 8.00. The predicted octanol–water partition coefficient (Wildman–Crippen LogP) is 2.11. The molecule has 0 aromatic heterocycles. The first-order valence-corrected chi connectivity index (χ1v) is 13.9. The van der Waals surface area contributed by atoms with E-state index in [2.05, 4.69) is 21.2 Å². The van der Waals surface area contributed by atoms with Crippen molar-refractivity contribution in [1.29, 1.82) is 0 Å². The van der Waals surface area contributed by atoms with Crippen molar-refractivity contribution in [3.05, 3.63) is 29.8 Å². The summed E-state index contributed by atoms with van der Waals surface area (Å²) in [5.74, 6) is 0.392. The van der Waals surface area contributed by atoms with E-state index in [1.165, 1.54) is 32.1 Å². The highest BCUT2D eigenvalue weighted by Gasteiger charge is 2.49.